The lowest BCUT2D eigenvalue weighted by Crippen LogP contribution is -2.52. The van der Waals surface area contributed by atoms with Gasteiger partial charge in [-0.1, -0.05) is 19.1 Å². The van der Waals surface area contributed by atoms with Gasteiger partial charge in [0.15, 0.2) is 0 Å². The minimum atomic E-state index is -0.915. The molecule has 0 aromatic rings. The fraction of sp³-hybridized carbons (Fsp3) is 0.692. The molecule has 1 aliphatic heterocycles. The molecule has 0 radical (unpaired) electrons. The third-order valence-electron chi connectivity index (χ3n) is 3.56. The number of amides is 2. The van der Waals surface area contributed by atoms with Gasteiger partial charge in [-0.15, -0.1) is 11.8 Å². The summed E-state index contributed by atoms with van der Waals surface area (Å²) in [5.74, 6) is -0.437. The van der Waals surface area contributed by atoms with Crippen LogP contribution in [-0.2, 0) is 4.79 Å². The molecule has 1 aliphatic carbocycles. The number of carboxylic acid groups (broad SMARTS) is 1. The van der Waals surface area contributed by atoms with Crippen LogP contribution in [0.1, 0.15) is 32.6 Å². The molecule has 2 aliphatic rings. The van der Waals surface area contributed by atoms with Crippen LogP contribution in [0.2, 0.25) is 0 Å². The highest BCUT2D eigenvalue weighted by atomic mass is 32.2. The Morgan fingerprint density at radius 2 is 2.26 bits per heavy atom. The molecule has 6 heteroatoms. The van der Waals surface area contributed by atoms with Crippen LogP contribution in [0.5, 0.6) is 0 Å². The van der Waals surface area contributed by atoms with Crippen molar-refractivity contribution in [1.82, 2.24) is 10.2 Å². The van der Waals surface area contributed by atoms with E-state index in [4.69, 9.17) is 0 Å². The zero-order valence-electron chi connectivity index (χ0n) is 11.0. The summed E-state index contributed by atoms with van der Waals surface area (Å²) in [7, 11) is 0. The van der Waals surface area contributed by atoms with E-state index in [9.17, 15) is 14.7 Å². The van der Waals surface area contributed by atoms with Gasteiger partial charge in [0.1, 0.15) is 6.04 Å². The average Bonchev–Trinajstić information content (AvgIpc) is 2.83. The van der Waals surface area contributed by atoms with Crippen molar-refractivity contribution in [2.45, 2.75) is 50.1 Å². The van der Waals surface area contributed by atoms with E-state index >= 15 is 0 Å². The van der Waals surface area contributed by atoms with Crippen molar-refractivity contribution in [2.24, 2.45) is 0 Å². The molecular weight excluding hydrogens is 264 g/mol. The van der Waals surface area contributed by atoms with Gasteiger partial charge in [-0.25, -0.2) is 9.59 Å². The van der Waals surface area contributed by atoms with Gasteiger partial charge < -0.3 is 10.4 Å². The molecule has 3 unspecified atom stereocenters. The highest BCUT2D eigenvalue weighted by molar-refractivity contribution is 8.00. The summed E-state index contributed by atoms with van der Waals surface area (Å²) < 4.78 is 0. The SMILES string of the molecule is CCC1SCC(C(=O)O)N1C(=O)NC1CC=CCC1. The van der Waals surface area contributed by atoms with Crippen LogP contribution in [0.25, 0.3) is 0 Å². The molecule has 2 rings (SSSR count). The molecule has 0 saturated carbocycles. The Balaban J connectivity index is 2.01. The minimum absolute atomic E-state index is 0.0276. The van der Waals surface area contributed by atoms with Gasteiger partial charge >= 0.3 is 12.0 Å². The molecule has 2 amide bonds. The van der Waals surface area contributed by atoms with E-state index < -0.39 is 12.0 Å². The molecule has 1 heterocycles. The number of carbonyl (C=O) groups excluding carboxylic acids is 1. The van der Waals surface area contributed by atoms with Crippen molar-refractivity contribution in [3.63, 3.8) is 0 Å². The summed E-state index contributed by atoms with van der Waals surface area (Å²) in [5.41, 5.74) is 0. The zero-order chi connectivity index (χ0) is 13.8. The lowest BCUT2D eigenvalue weighted by Gasteiger charge is -2.29. The summed E-state index contributed by atoms with van der Waals surface area (Å²) in [4.78, 5) is 25.0. The lowest BCUT2D eigenvalue weighted by molar-refractivity contribution is -0.141. The monoisotopic (exact) mass is 284 g/mol. The molecule has 5 nitrogen and oxygen atoms in total. The maximum Gasteiger partial charge on any atom is 0.327 e. The molecule has 1 fully saturated rings. The van der Waals surface area contributed by atoms with Crippen LogP contribution in [-0.4, -0.2) is 45.2 Å². The zero-order valence-corrected chi connectivity index (χ0v) is 11.9. The highest BCUT2D eigenvalue weighted by Crippen LogP contribution is 2.31. The number of allylic oxidation sites excluding steroid dienone is 1. The van der Waals surface area contributed by atoms with E-state index in [1.807, 2.05) is 6.92 Å². The number of carbonyl (C=O) groups is 2. The highest BCUT2D eigenvalue weighted by Gasteiger charge is 2.41. The van der Waals surface area contributed by atoms with Gasteiger partial charge in [0.25, 0.3) is 0 Å². The number of rotatable bonds is 3. The van der Waals surface area contributed by atoms with Gasteiger partial charge in [-0.05, 0) is 25.7 Å². The predicted molar refractivity (Wildman–Crippen MR) is 75.1 cm³/mol. The standard InChI is InChI=1S/C13H20N2O3S/c1-2-11-15(10(8-19-11)12(16)17)13(18)14-9-6-4-3-5-7-9/h3-4,9-11H,2,5-8H2,1H3,(H,14,18)(H,16,17). The number of thioether (sulfide) groups is 1. The number of hydrogen-bond acceptors (Lipinski definition) is 3. The first-order valence-corrected chi connectivity index (χ1v) is 7.76. The Morgan fingerprint density at radius 1 is 1.47 bits per heavy atom. The number of nitrogens with one attached hydrogen (secondary N) is 1. The topological polar surface area (TPSA) is 69.6 Å². The second kappa shape index (κ2) is 6.32. The first-order valence-electron chi connectivity index (χ1n) is 6.71. The molecule has 0 bridgehead atoms. The summed E-state index contributed by atoms with van der Waals surface area (Å²) >= 11 is 1.55. The number of aliphatic carboxylic acids is 1. The second-order valence-corrected chi connectivity index (χ2v) is 6.10. The summed E-state index contributed by atoms with van der Waals surface area (Å²) in [6, 6.07) is -0.798. The van der Waals surface area contributed by atoms with Gasteiger partial charge in [0.05, 0.1) is 5.37 Å². The summed E-state index contributed by atoms with van der Waals surface area (Å²) in [5, 5.41) is 12.1. The maximum absolute atomic E-state index is 12.3. The predicted octanol–water partition coefficient (Wildman–Crippen LogP) is 2.04. The van der Waals surface area contributed by atoms with E-state index in [2.05, 4.69) is 17.5 Å². The first kappa shape index (κ1) is 14.2. The van der Waals surface area contributed by atoms with Crippen LogP contribution in [0.15, 0.2) is 12.2 Å². The normalized spacial score (nSPS) is 30.4. The molecule has 19 heavy (non-hydrogen) atoms. The molecule has 3 atom stereocenters. The van der Waals surface area contributed by atoms with E-state index in [0.717, 1.165) is 25.7 Å². The molecule has 106 valence electrons. The molecule has 1 saturated heterocycles. The number of hydrogen-bond donors (Lipinski definition) is 2. The summed E-state index contributed by atoms with van der Waals surface area (Å²) in [6.07, 6.45) is 7.69. The van der Waals surface area contributed by atoms with Crippen LogP contribution in [0.3, 0.4) is 0 Å². The Kier molecular flexibility index (Phi) is 4.74. The first-order chi connectivity index (χ1) is 9.13. The van der Waals surface area contributed by atoms with Crippen molar-refractivity contribution in [1.29, 1.82) is 0 Å². The second-order valence-electron chi connectivity index (χ2n) is 4.89. The quantitative estimate of drug-likeness (QED) is 0.778. The van der Waals surface area contributed by atoms with Gasteiger partial charge in [-0.3, -0.25) is 4.90 Å². The molecular formula is C13H20N2O3S. The van der Waals surface area contributed by atoms with Crippen molar-refractivity contribution in [2.75, 3.05) is 5.75 Å². The Bertz CT molecular complexity index is 386. The smallest absolute Gasteiger partial charge is 0.327 e. The third-order valence-corrected chi connectivity index (χ3v) is 5.01. The van der Waals surface area contributed by atoms with Crippen molar-refractivity contribution in [3.8, 4) is 0 Å². The van der Waals surface area contributed by atoms with Gasteiger partial charge in [0.2, 0.25) is 0 Å². The Labute approximate surface area is 117 Å². The van der Waals surface area contributed by atoms with E-state index in [-0.39, 0.29) is 17.4 Å². The number of urea groups is 1. The number of nitrogens with zero attached hydrogens (tertiary/aromatic N) is 1. The largest absolute Gasteiger partial charge is 0.480 e. The minimum Gasteiger partial charge on any atom is -0.480 e. The van der Waals surface area contributed by atoms with Crippen molar-refractivity contribution >= 4 is 23.8 Å². The van der Waals surface area contributed by atoms with E-state index in [1.54, 1.807) is 11.8 Å². The van der Waals surface area contributed by atoms with Crippen LogP contribution in [0.4, 0.5) is 4.79 Å². The van der Waals surface area contributed by atoms with Crippen LogP contribution in [0, 0.1) is 0 Å². The Hall–Kier alpha value is -1.17. The van der Waals surface area contributed by atoms with E-state index in [1.165, 1.54) is 4.90 Å². The maximum atomic E-state index is 12.3. The summed E-state index contributed by atoms with van der Waals surface area (Å²) in [6.45, 7) is 1.98. The van der Waals surface area contributed by atoms with Crippen LogP contribution < -0.4 is 5.32 Å². The van der Waals surface area contributed by atoms with Gasteiger partial charge in [0, 0.05) is 11.8 Å². The molecule has 2 N–H and O–H groups in total. The molecule has 0 aromatic carbocycles. The van der Waals surface area contributed by atoms with Gasteiger partial charge in [-0.2, -0.15) is 0 Å². The average molecular weight is 284 g/mol. The Morgan fingerprint density at radius 3 is 2.84 bits per heavy atom. The van der Waals surface area contributed by atoms with Crippen LogP contribution >= 0.6 is 11.8 Å². The molecule has 0 aromatic heterocycles. The molecule has 0 spiro atoms. The fourth-order valence-corrected chi connectivity index (χ4v) is 3.86. The fourth-order valence-electron chi connectivity index (χ4n) is 2.51. The van der Waals surface area contributed by atoms with Crippen molar-refractivity contribution in [3.05, 3.63) is 12.2 Å². The number of carboxylic acids is 1. The van der Waals surface area contributed by atoms with Crippen molar-refractivity contribution < 1.29 is 14.7 Å². The van der Waals surface area contributed by atoms with E-state index in [0.29, 0.717) is 5.75 Å². The third kappa shape index (κ3) is 3.23. The lowest BCUT2D eigenvalue weighted by atomic mass is 10.0.